The van der Waals surface area contributed by atoms with Crippen molar-refractivity contribution in [3.8, 4) is 0 Å². The van der Waals surface area contributed by atoms with Gasteiger partial charge in [0.15, 0.2) is 5.69 Å². The average Bonchev–Trinajstić information content (AvgIpc) is 2.85. The van der Waals surface area contributed by atoms with Gasteiger partial charge in [0, 0.05) is 5.38 Å². The monoisotopic (exact) mass is 346 g/mol. The van der Waals surface area contributed by atoms with E-state index in [9.17, 15) is 13.2 Å². The Labute approximate surface area is 130 Å². The summed E-state index contributed by atoms with van der Waals surface area (Å²) in [6, 6.07) is 4.62. The third-order valence-electron chi connectivity index (χ3n) is 2.56. The van der Waals surface area contributed by atoms with Gasteiger partial charge in [-0.25, -0.2) is 22.9 Å². The van der Waals surface area contributed by atoms with E-state index in [0.717, 1.165) is 16.9 Å². The molecular weight excluding hydrogens is 336 g/mol. The van der Waals surface area contributed by atoms with Crippen LogP contribution in [0, 0.1) is 6.92 Å². The van der Waals surface area contributed by atoms with E-state index in [1.54, 1.807) is 19.1 Å². The number of carbonyl (C=O) groups is 1. The average molecular weight is 347 g/mol. The SMILES string of the molecule is Cc1ccc(S(=O)(=O)NCc2nc(C(=O)O)cs2)c(Cl)c1. The Morgan fingerprint density at radius 2 is 2.19 bits per heavy atom. The highest BCUT2D eigenvalue weighted by molar-refractivity contribution is 7.89. The minimum absolute atomic E-state index is 0.0234. The van der Waals surface area contributed by atoms with Crippen molar-refractivity contribution in [3.63, 3.8) is 0 Å². The lowest BCUT2D eigenvalue weighted by molar-refractivity contribution is 0.0691. The molecule has 2 rings (SSSR count). The second-order valence-corrected chi connectivity index (χ2v) is 7.28. The number of sulfonamides is 1. The van der Waals surface area contributed by atoms with Gasteiger partial charge in [0.2, 0.25) is 10.0 Å². The largest absolute Gasteiger partial charge is 0.476 e. The second kappa shape index (κ2) is 6.10. The molecule has 1 heterocycles. The lowest BCUT2D eigenvalue weighted by atomic mass is 10.2. The lowest BCUT2D eigenvalue weighted by Crippen LogP contribution is -2.23. The van der Waals surface area contributed by atoms with Crippen LogP contribution in [0.2, 0.25) is 5.02 Å². The minimum atomic E-state index is -3.78. The number of carboxylic acids is 1. The van der Waals surface area contributed by atoms with Gasteiger partial charge in [-0.1, -0.05) is 17.7 Å². The maximum Gasteiger partial charge on any atom is 0.355 e. The number of nitrogens with one attached hydrogen (secondary N) is 1. The highest BCUT2D eigenvalue weighted by atomic mass is 35.5. The summed E-state index contributed by atoms with van der Waals surface area (Å²) in [5.74, 6) is -1.15. The number of aromatic carboxylic acids is 1. The van der Waals surface area contributed by atoms with Gasteiger partial charge in [0.1, 0.15) is 9.90 Å². The van der Waals surface area contributed by atoms with Crippen molar-refractivity contribution in [1.82, 2.24) is 9.71 Å². The van der Waals surface area contributed by atoms with Gasteiger partial charge in [-0.05, 0) is 24.6 Å². The fraction of sp³-hybridized carbons (Fsp3) is 0.167. The normalized spacial score (nSPS) is 11.5. The smallest absolute Gasteiger partial charge is 0.355 e. The number of aryl methyl sites for hydroxylation is 1. The van der Waals surface area contributed by atoms with Crippen molar-refractivity contribution in [1.29, 1.82) is 0 Å². The second-order valence-electron chi connectivity index (χ2n) is 4.19. The lowest BCUT2D eigenvalue weighted by Gasteiger charge is -2.07. The van der Waals surface area contributed by atoms with Crippen LogP contribution in [-0.2, 0) is 16.6 Å². The van der Waals surface area contributed by atoms with Crippen molar-refractivity contribution in [2.75, 3.05) is 0 Å². The molecule has 0 atom stereocenters. The Morgan fingerprint density at radius 1 is 1.48 bits per heavy atom. The highest BCUT2D eigenvalue weighted by Gasteiger charge is 2.18. The summed E-state index contributed by atoms with van der Waals surface area (Å²) in [5.41, 5.74) is 0.743. The molecule has 0 unspecified atom stereocenters. The summed E-state index contributed by atoms with van der Waals surface area (Å²) < 4.78 is 26.6. The molecule has 0 saturated carbocycles. The summed E-state index contributed by atoms with van der Waals surface area (Å²) in [4.78, 5) is 14.5. The van der Waals surface area contributed by atoms with Gasteiger partial charge in [-0.15, -0.1) is 11.3 Å². The van der Waals surface area contributed by atoms with Crippen LogP contribution in [0.1, 0.15) is 21.1 Å². The maximum atomic E-state index is 12.1. The molecule has 0 radical (unpaired) electrons. The van der Waals surface area contributed by atoms with Gasteiger partial charge in [0.05, 0.1) is 11.6 Å². The minimum Gasteiger partial charge on any atom is -0.476 e. The van der Waals surface area contributed by atoms with Crippen molar-refractivity contribution >= 4 is 38.9 Å². The molecule has 0 aliphatic heterocycles. The molecule has 0 spiro atoms. The van der Waals surface area contributed by atoms with E-state index < -0.39 is 16.0 Å². The molecular formula is C12H11ClN2O4S2. The topological polar surface area (TPSA) is 96.4 Å². The van der Waals surface area contributed by atoms with E-state index in [0.29, 0.717) is 5.01 Å². The number of hydrogen-bond donors (Lipinski definition) is 2. The van der Waals surface area contributed by atoms with Crippen LogP contribution in [0.5, 0.6) is 0 Å². The van der Waals surface area contributed by atoms with Crippen molar-refractivity contribution < 1.29 is 18.3 Å². The zero-order valence-electron chi connectivity index (χ0n) is 10.8. The van der Waals surface area contributed by atoms with Crippen LogP contribution in [0.15, 0.2) is 28.5 Å². The van der Waals surface area contributed by atoms with Crippen molar-refractivity contribution in [2.45, 2.75) is 18.4 Å². The number of rotatable bonds is 5. The number of benzene rings is 1. The van der Waals surface area contributed by atoms with Crippen LogP contribution in [0.4, 0.5) is 0 Å². The summed E-state index contributed by atoms with van der Waals surface area (Å²) >= 11 is 7.00. The van der Waals surface area contributed by atoms with Crippen LogP contribution >= 0.6 is 22.9 Å². The predicted molar refractivity (Wildman–Crippen MR) is 79.3 cm³/mol. The first-order valence-electron chi connectivity index (χ1n) is 5.73. The molecule has 0 fully saturated rings. The first-order valence-corrected chi connectivity index (χ1v) is 8.47. The van der Waals surface area contributed by atoms with Crippen molar-refractivity contribution in [3.05, 3.63) is 44.9 Å². The Balaban J connectivity index is 2.15. The zero-order valence-corrected chi connectivity index (χ0v) is 13.2. The summed E-state index contributed by atoms with van der Waals surface area (Å²) in [5, 5.41) is 10.6. The molecule has 2 N–H and O–H groups in total. The van der Waals surface area contributed by atoms with E-state index >= 15 is 0 Å². The molecule has 0 amide bonds. The molecule has 21 heavy (non-hydrogen) atoms. The van der Waals surface area contributed by atoms with E-state index in [1.165, 1.54) is 11.4 Å². The third kappa shape index (κ3) is 3.79. The first-order chi connectivity index (χ1) is 9.79. The number of aromatic nitrogens is 1. The van der Waals surface area contributed by atoms with Gasteiger partial charge in [0.25, 0.3) is 0 Å². The Hall–Kier alpha value is -1.48. The molecule has 112 valence electrons. The van der Waals surface area contributed by atoms with E-state index in [-0.39, 0.29) is 22.2 Å². The molecule has 0 aliphatic carbocycles. The van der Waals surface area contributed by atoms with E-state index in [2.05, 4.69) is 9.71 Å². The summed E-state index contributed by atoms with van der Waals surface area (Å²) in [7, 11) is -3.78. The standard InChI is InChI=1S/C12H11ClN2O4S2/c1-7-2-3-10(8(13)4-7)21(18,19)14-5-11-15-9(6-20-11)12(16)17/h2-4,6,14H,5H2,1H3,(H,16,17). The molecule has 1 aromatic heterocycles. The first kappa shape index (κ1) is 15.9. The summed E-state index contributed by atoms with van der Waals surface area (Å²) in [6.07, 6.45) is 0. The van der Waals surface area contributed by atoms with Gasteiger partial charge < -0.3 is 5.11 Å². The fourth-order valence-electron chi connectivity index (χ4n) is 1.55. The van der Waals surface area contributed by atoms with Gasteiger partial charge in [-0.2, -0.15) is 0 Å². The number of carboxylic acid groups (broad SMARTS) is 1. The van der Waals surface area contributed by atoms with E-state index in [4.69, 9.17) is 16.7 Å². The fourth-order valence-corrected chi connectivity index (χ4v) is 3.93. The Morgan fingerprint density at radius 3 is 2.76 bits per heavy atom. The van der Waals surface area contributed by atoms with Crippen molar-refractivity contribution in [2.24, 2.45) is 0 Å². The molecule has 0 saturated heterocycles. The molecule has 0 aliphatic rings. The molecule has 0 bridgehead atoms. The van der Waals surface area contributed by atoms with Crippen LogP contribution in [-0.4, -0.2) is 24.5 Å². The molecule has 9 heteroatoms. The third-order valence-corrected chi connectivity index (χ3v) is 5.29. The molecule has 2 aromatic rings. The zero-order chi connectivity index (χ0) is 15.6. The number of hydrogen-bond acceptors (Lipinski definition) is 5. The Kier molecular flexibility index (Phi) is 4.62. The number of nitrogens with zero attached hydrogens (tertiary/aromatic N) is 1. The van der Waals surface area contributed by atoms with Gasteiger partial charge in [-0.3, -0.25) is 0 Å². The van der Waals surface area contributed by atoms with Crippen LogP contribution in [0.25, 0.3) is 0 Å². The quantitative estimate of drug-likeness (QED) is 0.865. The maximum absolute atomic E-state index is 12.1. The van der Waals surface area contributed by atoms with Crippen LogP contribution in [0.3, 0.4) is 0 Å². The number of thiazole rings is 1. The number of halogens is 1. The Bertz CT molecular complexity index is 786. The van der Waals surface area contributed by atoms with E-state index in [1.807, 2.05) is 0 Å². The summed E-state index contributed by atoms with van der Waals surface area (Å²) in [6.45, 7) is 1.71. The predicted octanol–water partition coefficient (Wildman–Crippen LogP) is 2.28. The van der Waals surface area contributed by atoms with Gasteiger partial charge >= 0.3 is 5.97 Å². The molecule has 1 aromatic carbocycles. The van der Waals surface area contributed by atoms with Crippen LogP contribution < -0.4 is 4.72 Å². The molecule has 6 nitrogen and oxygen atoms in total. The highest BCUT2D eigenvalue weighted by Crippen LogP contribution is 2.22.